The third-order valence-corrected chi connectivity index (χ3v) is 2.02. The van der Waals surface area contributed by atoms with Gasteiger partial charge in [0.2, 0.25) is 0 Å². The minimum atomic E-state index is -0.492. The summed E-state index contributed by atoms with van der Waals surface area (Å²) in [6.07, 6.45) is 0. The molecular formula is C8H8INO3. The van der Waals surface area contributed by atoms with Crippen molar-refractivity contribution >= 4 is 28.6 Å². The SMILES string of the molecule is COC(=O)c1cc(I)cc(CO)n1. The van der Waals surface area contributed by atoms with Gasteiger partial charge in [-0.2, -0.15) is 0 Å². The molecule has 5 heteroatoms. The van der Waals surface area contributed by atoms with Gasteiger partial charge in [0.25, 0.3) is 0 Å². The van der Waals surface area contributed by atoms with E-state index in [-0.39, 0.29) is 12.3 Å². The number of pyridine rings is 1. The van der Waals surface area contributed by atoms with Crippen molar-refractivity contribution in [1.29, 1.82) is 0 Å². The summed E-state index contributed by atoms with van der Waals surface area (Å²) in [7, 11) is 1.29. The highest BCUT2D eigenvalue weighted by atomic mass is 127. The normalized spacial score (nSPS) is 9.77. The third-order valence-electron chi connectivity index (χ3n) is 1.40. The summed E-state index contributed by atoms with van der Waals surface area (Å²) in [5.74, 6) is -0.492. The summed E-state index contributed by atoms with van der Waals surface area (Å²) in [5.41, 5.74) is 0.686. The van der Waals surface area contributed by atoms with Gasteiger partial charge in [-0.05, 0) is 34.7 Å². The molecule has 1 N–H and O–H groups in total. The lowest BCUT2D eigenvalue weighted by Gasteiger charge is -2.01. The quantitative estimate of drug-likeness (QED) is 0.652. The van der Waals surface area contributed by atoms with Gasteiger partial charge in [-0.25, -0.2) is 9.78 Å². The average Bonchev–Trinajstić information content (AvgIpc) is 2.15. The molecule has 13 heavy (non-hydrogen) atoms. The molecule has 0 saturated heterocycles. The number of aromatic nitrogens is 1. The Balaban J connectivity index is 3.08. The largest absolute Gasteiger partial charge is 0.464 e. The Morgan fingerprint density at radius 3 is 2.92 bits per heavy atom. The van der Waals surface area contributed by atoms with Gasteiger partial charge in [-0.1, -0.05) is 0 Å². The molecule has 4 nitrogen and oxygen atoms in total. The molecule has 0 amide bonds. The van der Waals surface area contributed by atoms with Gasteiger partial charge in [-0.3, -0.25) is 0 Å². The predicted molar refractivity (Wildman–Crippen MR) is 54.2 cm³/mol. The molecule has 1 heterocycles. The Morgan fingerprint density at radius 1 is 1.69 bits per heavy atom. The van der Waals surface area contributed by atoms with Crippen LogP contribution < -0.4 is 0 Å². The summed E-state index contributed by atoms with van der Waals surface area (Å²) in [4.78, 5) is 15.0. The van der Waals surface area contributed by atoms with E-state index in [1.54, 1.807) is 12.1 Å². The minimum absolute atomic E-state index is 0.180. The molecule has 0 saturated carbocycles. The van der Waals surface area contributed by atoms with Gasteiger partial charge in [0, 0.05) is 3.57 Å². The van der Waals surface area contributed by atoms with Crippen LogP contribution in [-0.4, -0.2) is 23.2 Å². The summed E-state index contributed by atoms with van der Waals surface area (Å²) >= 11 is 2.05. The molecule has 0 bridgehead atoms. The molecule has 0 aliphatic carbocycles. The summed E-state index contributed by atoms with van der Waals surface area (Å²) in [6.45, 7) is -0.180. The van der Waals surface area contributed by atoms with Crippen LogP contribution in [0.4, 0.5) is 0 Å². The van der Waals surface area contributed by atoms with Crippen LogP contribution >= 0.6 is 22.6 Å². The third kappa shape index (κ3) is 2.63. The van der Waals surface area contributed by atoms with Crippen molar-refractivity contribution < 1.29 is 14.6 Å². The van der Waals surface area contributed by atoms with Crippen LogP contribution in [0, 0.1) is 3.57 Å². The van der Waals surface area contributed by atoms with Crippen molar-refractivity contribution in [2.45, 2.75) is 6.61 Å². The number of rotatable bonds is 2. The molecule has 0 radical (unpaired) electrons. The van der Waals surface area contributed by atoms with E-state index < -0.39 is 5.97 Å². The van der Waals surface area contributed by atoms with Gasteiger partial charge in [0.1, 0.15) is 5.69 Å². The molecule has 70 valence electrons. The zero-order chi connectivity index (χ0) is 9.84. The first-order chi connectivity index (χ1) is 6.17. The number of aliphatic hydroxyl groups is 1. The molecule has 0 aliphatic rings. The number of methoxy groups -OCH3 is 1. The predicted octanol–water partition coefficient (Wildman–Crippen LogP) is 0.965. The zero-order valence-corrected chi connectivity index (χ0v) is 9.11. The first-order valence-corrected chi connectivity index (χ1v) is 4.61. The maximum Gasteiger partial charge on any atom is 0.356 e. The van der Waals surface area contributed by atoms with Crippen molar-refractivity contribution in [3.8, 4) is 0 Å². The van der Waals surface area contributed by atoms with Crippen molar-refractivity contribution in [3.05, 3.63) is 27.1 Å². The maximum absolute atomic E-state index is 11.1. The maximum atomic E-state index is 11.1. The van der Waals surface area contributed by atoms with Crippen molar-refractivity contribution in [2.75, 3.05) is 7.11 Å². The molecule has 0 atom stereocenters. The smallest absolute Gasteiger partial charge is 0.356 e. The molecule has 0 aromatic carbocycles. The molecule has 0 spiro atoms. The van der Waals surface area contributed by atoms with Crippen LogP contribution in [0.1, 0.15) is 16.2 Å². The fourth-order valence-electron chi connectivity index (χ4n) is 0.841. The number of hydrogen-bond acceptors (Lipinski definition) is 4. The zero-order valence-electron chi connectivity index (χ0n) is 6.95. The van der Waals surface area contributed by atoms with E-state index in [0.717, 1.165) is 3.57 Å². The topological polar surface area (TPSA) is 59.4 Å². The second-order valence-electron chi connectivity index (χ2n) is 2.31. The lowest BCUT2D eigenvalue weighted by Crippen LogP contribution is -2.06. The number of ether oxygens (including phenoxy) is 1. The van der Waals surface area contributed by atoms with Crippen LogP contribution in [0.3, 0.4) is 0 Å². The second-order valence-corrected chi connectivity index (χ2v) is 3.56. The molecule has 1 aromatic heterocycles. The van der Waals surface area contributed by atoms with Gasteiger partial charge in [0.15, 0.2) is 0 Å². The molecule has 1 aromatic rings. The number of aliphatic hydroxyl groups excluding tert-OH is 1. The Bertz CT molecular complexity index is 327. The summed E-state index contributed by atoms with van der Waals surface area (Å²) in [5, 5.41) is 8.82. The Kier molecular flexibility index (Phi) is 3.61. The average molecular weight is 293 g/mol. The Hall–Kier alpha value is -0.690. The van der Waals surface area contributed by atoms with Crippen LogP contribution in [-0.2, 0) is 11.3 Å². The van der Waals surface area contributed by atoms with E-state index in [2.05, 4.69) is 9.72 Å². The van der Waals surface area contributed by atoms with E-state index in [0.29, 0.717) is 5.69 Å². The highest BCUT2D eigenvalue weighted by Crippen LogP contribution is 2.09. The number of carbonyl (C=O) groups excluding carboxylic acids is 1. The number of hydrogen-bond donors (Lipinski definition) is 1. The molecule has 0 unspecified atom stereocenters. The van der Waals surface area contributed by atoms with Crippen molar-refractivity contribution in [3.63, 3.8) is 0 Å². The Labute approximate surface area is 89.1 Å². The van der Waals surface area contributed by atoms with Gasteiger partial charge in [0.05, 0.1) is 19.4 Å². The number of carbonyl (C=O) groups is 1. The summed E-state index contributed by atoms with van der Waals surface area (Å²) in [6, 6.07) is 3.30. The Morgan fingerprint density at radius 2 is 2.38 bits per heavy atom. The highest BCUT2D eigenvalue weighted by Gasteiger charge is 2.08. The lowest BCUT2D eigenvalue weighted by atomic mass is 10.3. The fourth-order valence-corrected chi connectivity index (χ4v) is 1.50. The van der Waals surface area contributed by atoms with E-state index >= 15 is 0 Å². The number of esters is 1. The molecule has 0 aliphatic heterocycles. The summed E-state index contributed by atoms with van der Waals surface area (Å²) < 4.78 is 5.35. The number of nitrogens with zero attached hydrogens (tertiary/aromatic N) is 1. The first kappa shape index (κ1) is 10.4. The number of halogens is 1. The lowest BCUT2D eigenvalue weighted by molar-refractivity contribution is 0.0593. The van der Waals surface area contributed by atoms with E-state index in [1.807, 2.05) is 22.6 Å². The molecule has 0 fully saturated rings. The van der Waals surface area contributed by atoms with Crippen LogP contribution in [0.5, 0.6) is 0 Å². The highest BCUT2D eigenvalue weighted by molar-refractivity contribution is 14.1. The fraction of sp³-hybridized carbons (Fsp3) is 0.250. The monoisotopic (exact) mass is 293 g/mol. The molecule has 1 rings (SSSR count). The van der Waals surface area contributed by atoms with Crippen LogP contribution in [0.25, 0.3) is 0 Å². The minimum Gasteiger partial charge on any atom is -0.464 e. The van der Waals surface area contributed by atoms with E-state index in [4.69, 9.17) is 5.11 Å². The van der Waals surface area contributed by atoms with Crippen LogP contribution in [0.15, 0.2) is 12.1 Å². The second kappa shape index (κ2) is 4.52. The van der Waals surface area contributed by atoms with E-state index in [9.17, 15) is 4.79 Å². The standard InChI is InChI=1S/C8H8INO3/c1-13-8(12)7-3-5(9)2-6(4-11)10-7/h2-3,11H,4H2,1H3. The van der Waals surface area contributed by atoms with Crippen molar-refractivity contribution in [2.24, 2.45) is 0 Å². The van der Waals surface area contributed by atoms with Crippen molar-refractivity contribution in [1.82, 2.24) is 4.98 Å². The van der Waals surface area contributed by atoms with Gasteiger partial charge in [-0.15, -0.1) is 0 Å². The van der Waals surface area contributed by atoms with Gasteiger partial charge < -0.3 is 9.84 Å². The molecular weight excluding hydrogens is 285 g/mol. The van der Waals surface area contributed by atoms with Gasteiger partial charge >= 0.3 is 5.97 Å². The van der Waals surface area contributed by atoms with Crippen LogP contribution in [0.2, 0.25) is 0 Å². The first-order valence-electron chi connectivity index (χ1n) is 3.53. The van der Waals surface area contributed by atoms with E-state index in [1.165, 1.54) is 7.11 Å².